The minimum atomic E-state index is -0.201. The summed E-state index contributed by atoms with van der Waals surface area (Å²) >= 11 is 0. The van der Waals surface area contributed by atoms with E-state index in [0.717, 1.165) is 32.0 Å². The van der Waals surface area contributed by atoms with Crippen LogP contribution in [-0.4, -0.2) is 31.6 Å². The Kier molecular flexibility index (Phi) is 3.41. The first-order valence-electron chi connectivity index (χ1n) is 7.66. The van der Waals surface area contributed by atoms with E-state index in [4.69, 9.17) is 9.47 Å². The minimum Gasteiger partial charge on any atom is -0.348 e. The van der Waals surface area contributed by atoms with Gasteiger partial charge in [-0.2, -0.15) is 0 Å². The van der Waals surface area contributed by atoms with E-state index in [1.165, 1.54) is 32.2 Å². The fraction of sp³-hybridized carbons (Fsp3) is 1.00. The predicted octanol–water partition coefficient (Wildman–Crippen LogP) is 2.70. The third-order valence-corrected chi connectivity index (χ3v) is 5.42. The second-order valence-corrected chi connectivity index (χ2v) is 6.78. The molecule has 0 radical (unpaired) electrons. The first kappa shape index (κ1) is 12.9. The van der Waals surface area contributed by atoms with E-state index in [1.54, 1.807) is 0 Å². The number of hydrogen-bond acceptors (Lipinski definition) is 3. The van der Waals surface area contributed by atoms with Gasteiger partial charge in [0.15, 0.2) is 5.79 Å². The van der Waals surface area contributed by atoms with Gasteiger partial charge in [-0.05, 0) is 37.0 Å². The Morgan fingerprint density at radius 2 is 1.67 bits per heavy atom. The summed E-state index contributed by atoms with van der Waals surface area (Å²) in [5.74, 6) is 0.620. The highest BCUT2D eigenvalue weighted by Crippen LogP contribution is 2.51. The topological polar surface area (TPSA) is 30.5 Å². The molecule has 1 heterocycles. The minimum absolute atomic E-state index is 0.201. The van der Waals surface area contributed by atoms with Crippen molar-refractivity contribution < 1.29 is 9.47 Å². The van der Waals surface area contributed by atoms with Crippen molar-refractivity contribution in [2.75, 3.05) is 19.8 Å². The van der Waals surface area contributed by atoms with E-state index < -0.39 is 0 Å². The Bertz CT molecular complexity index is 283. The van der Waals surface area contributed by atoms with E-state index in [-0.39, 0.29) is 5.79 Å². The van der Waals surface area contributed by atoms with E-state index in [9.17, 15) is 0 Å². The monoisotopic (exact) mass is 253 g/mol. The molecular formula is C15H27NO2. The summed E-state index contributed by atoms with van der Waals surface area (Å²) < 4.78 is 11.6. The Labute approximate surface area is 111 Å². The Morgan fingerprint density at radius 1 is 1.06 bits per heavy atom. The lowest BCUT2D eigenvalue weighted by Crippen LogP contribution is -2.44. The van der Waals surface area contributed by atoms with Crippen LogP contribution in [0.2, 0.25) is 0 Å². The zero-order chi connectivity index (χ0) is 12.6. The van der Waals surface area contributed by atoms with Crippen LogP contribution in [0, 0.1) is 11.3 Å². The van der Waals surface area contributed by atoms with E-state index >= 15 is 0 Å². The molecule has 3 rings (SSSR count). The van der Waals surface area contributed by atoms with E-state index in [1.807, 2.05) is 0 Å². The quantitative estimate of drug-likeness (QED) is 0.835. The van der Waals surface area contributed by atoms with Gasteiger partial charge in [0.2, 0.25) is 0 Å². The first-order valence-corrected chi connectivity index (χ1v) is 7.66. The van der Waals surface area contributed by atoms with Crippen LogP contribution < -0.4 is 5.32 Å². The van der Waals surface area contributed by atoms with Gasteiger partial charge in [0.1, 0.15) is 0 Å². The third-order valence-electron chi connectivity index (χ3n) is 5.42. The van der Waals surface area contributed by atoms with Crippen LogP contribution in [0.25, 0.3) is 0 Å². The average Bonchev–Trinajstić information content (AvgIpc) is 3.05. The van der Waals surface area contributed by atoms with Crippen LogP contribution in [0.5, 0.6) is 0 Å². The highest BCUT2D eigenvalue weighted by Gasteiger charge is 2.46. The molecule has 0 amide bonds. The summed E-state index contributed by atoms with van der Waals surface area (Å²) in [5.41, 5.74) is 0.621. The maximum Gasteiger partial charge on any atom is 0.168 e. The van der Waals surface area contributed by atoms with Crippen molar-refractivity contribution in [1.82, 2.24) is 5.32 Å². The lowest BCUT2D eigenvalue weighted by atomic mass is 9.88. The molecule has 1 spiro atoms. The lowest BCUT2D eigenvalue weighted by molar-refractivity contribution is -0.179. The average molecular weight is 253 g/mol. The van der Waals surface area contributed by atoms with Gasteiger partial charge < -0.3 is 14.8 Å². The second kappa shape index (κ2) is 4.77. The van der Waals surface area contributed by atoms with Gasteiger partial charge in [0, 0.05) is 25.4 Å². The highest BCUT2D eigenvalue weighted by atomic mass is 16.7. The molecule has 3 fully saturated rings. The second-order valence-electron chi connectivity index (χ2n) is 6.78. The molecule has 0 unspecified atom stereocenters. The van der Waals surface area contributed by atoms with Gasteiger partial charge in [-0.25, -0.2) is 0 Å². The molecule has 3 nitrogen and oxygen atoms in total. The van der Waals surface area contributed by atoms with Crippen LogP contribution in [0.1, 0.15) is 52.4 Å². The predicted molar refractivity (Wildman–Crippen MR) is 71.4 cm³/mol. The molecule has 0 bridgehead atoms. The zero-order valence-corrected chi connectivity index (χ0v) is 11.8. The molecule has 3 heteroatoms. The van der Waals surface area contributed by atoms with E-state index in [2.05, 4.69) is 19.2 Å². The van der Waals surface area contributed by atoms with Crippen LogP contribution in [0.4, 0.5) is 0 Å². The molecule has 1 aliphatic heterocycles. The highest BCUT2D eigenvalue weighted by molar-refractivity contribution is 4.98. The van der Waals surface area contributed by atoms with Crippen molar-refractivity contribution >= 4 is 0 Å². The first-order chi connectivity index (χ1) is 8.64. The Balaban J connectivity index is 1.43. The summed E-state index contributed by atoms with van der Waals surface area (Å²) in [6.07, 6.45) is 7.38. The fourth-order valence-electron chi connectivity index (χ4n) is 3.51. The lowest BCUT2D eigenvalue weighted by Gasteiger charge is -2.36. The van der Waals surface area contributed by atoms with Gasteiger partial charge in [-0.3, -0.25) is 0 Å². The van der Waals surface area contributed by atoms with Crippen LogP contribution >= 0.6 is 0 Å². The molecule has 0 aromatic carbocycles. The summed E-state index contributed by atoms with van der Waals surface area (Å²) in [4.78, 5) is 0. The third kappa shape index (κ3) is 2.45. The number of hydrogen-bond donors (Lipinski definition) is 1. The molecular weight excluding hydrogens is 226 g/mol. The van der Waals surface area contributed by atoms with Crippen molar-refractivity contribution in [1.29, 1.82) is 0 Å². The van der Waals surface area contributed by atoms with Gasteiger partial charge in [-0.15, -0.1) is 0 Å². The van der Waals surface area contributed by atoms with Gasteiger partial charge >= 0.3 is 0 Å². The van der Waals surface area contributed by atoms with E-state index in [0.29, 0.717) is 11.5 Å². The van der Waals surface area contributed by atoms with Crippen molar-refractivity contribution in [3.63, 3.8) is 0 Å². The van der Waals surface area contributed by atoms with Crippen molar-refractivity contribution in [2.24, 2.45) is 11.3 Å². The SMILES string of the molecule is CC(C)C1(CNC2CCC3(CC2)OCCO3)CC1. The largest absolute Gasteiger partial charge is 0.348 e. The van der Waals surface area contributed by atoms with Crippen LogP contribution in [0.15, 0.2) is 0 Å². The molecule has 0 aromatic heterocycles. The normalized spacial score (nSPS) is 30.2. The molecule has 2 aliphatic carbocycles. The molecule has 0 aromatic rings. The van der Waals surface area contributed by atoms with Crippen molar-refractivity contribution in [2.45, 2.75) is 64.2 Å². The Hall–Kier alpha value is -0.120. The number of nitrogens with one attached hydrogen (secondary N) is 1. The van der Waals surface area contributed by atoms with Crippen LogP contribution in [-0.2, 0) is 9.47 Å². The number of ether oxygens (including phenoxy) is 2. The smallest absolute Gasteiger partial charge is 0.168 e. The molecule has 18 heavy (non-hydrogen) atoms. The maximum absolute atomic E-state index is 5.78. The molecule has 2 saturated carbocycles. The molecule has 1 saturated heterocycles. The summed E-state index contributed by atoms with van der Waals surface area (Å²) in [5, 5.41) is 3.80. The summed E-state index contributed by atoms with van der Waals surface area (Å²) in [6, 6.07) is 0.680. The van der Waals surface area contributed by atoms with Gasteiger partial charge in [0.05, 0.1) is 13.2 Å². The molecule has 104 valence electrons. The zero-order valence-electron chi connectivity index (χ0n) is 11.8. The standard InChI is InChI=1S/C15H27NO2/c1-12(2)14(7-8-14)11-16-13-3-5-15(6-4-13)17-9-10-18-15/h12-13,16H,3-11H2,1-2H3. The summed E-state index contributed by atoms with van der Waals surface area (Å²) in [7, 11) is 0. The van der Waals surface area contributed by atoms with Crippen LogP contribution in [0.3, 0.4) is 0 Å². The Morgan fingerprint density at radius 3 is 2.17 bits per heavy atom. The number of rotatable bonds is 4. The van der Waals surface area contributed by atoms with Crippen molar-refractivity contribution in [3.8, 4) is 0 Å². The maximum atomic E-state index is 5.78. The molecule has 0 atom stereocenters. The fourth-order valence-corrected chi connectivity index (χ4v) is 3.51. The molecule has 3 aliphatic rings. The summed E-state index contributed by atoms with van der Waals surface area (Å²) in [6.45, 7) is 7.52. The van der Waals surface area contributed by atoms with Crippen molar-refractivity contribution in [3.05, 3.63) is 0 Å². The molecule has 1 N–H and O–H groups in total. The van der Waals surface area contributed by atoms with Gasteiger partial charge in [0.25, 0.3) is 0 Å². The van der Waals surface area contributed by atoms with Gasteiger partial charge in [-0.1, -0.05) is 13.8 Å².